The fourth-order valence-corrected chi connectivity index (χ4v) is 3.94. The minimum atomic E-state index is 0.400. The molecule has 92 valence electrons. The van der Waals surface area contributed by atoms with Gasteiger partial charge in [-0.1, -0.05) is 12.2 Å². The molecule has 2 nitrogen and oxygen atoms in total. The van der Waals surface area contributed by atoms with E-state index in [9.17, 15) is 0 Å². The Morgan fingerprint density at radius 1 is 1.47 bits per heavy atom. The molecule has 0 radical (unpaired) electrons. The fraction of sp³-hybridized carbons (Fsp3) is 0.643. The highest BCUT2D eigenvalue weighted by molar-refractivity contribution is 7.09. The fourth-order valence-electron chi connectivity index (χ4n) is 3.12. The van der Waals surface area contributed by atoms with Crippen LogP contribution in [0.25, 0.3) is 0 Å². The first-order chi connectivity index (χ1) is 8.22. The molecule has 1 heterocycles. The summed E-state index contributed by atoms with van der Waals surface area (Å²) < 4.78 is 0. The number of thiazole rings is 1. The molecule has 0 amide bonds. The third kappa shape index (κ3) is 2.31. The molecule has 2 aliphatic carbocycles. The molecule has 0 spiro atoms. The quantitative estimate of drug-likeness (QED) is 0.827. The van der Waals surface area contributed by atoms with Crippen LogP contribution in [0.15, 0.2) is 17.5 Å². The van der Waals surface area contributed by atoms with Gasteiger partial charge in [0.1, 0.15) is 5.01 Å². The Labute approximate surface area is 107 Å². The summed E-state index contributed by atoms with van der Waals surface area (Å²) in [4.78, 5) is 4.55. The van der Waals surface area contributed by atoms with Crippen LogP contribution in [-0.2, 0) is 0 Å². The Bertz CT molecular complexity index is 424. The summed E-state index contributed by atoms with van der Waals surface area (Å²) in [5.74, 6) is 2.58. The minimum absolute atomic E-state index is 0.400. The molecule has 0 saturated heterocycles. The van der Waals surface area contributed by atoms with Crippen molar-refractivity contribution in [2.24, 2.45) is 17.8 Å². The maximum Gasteiger partial charge on any atom is 0.110 e. The highest BCUT2D eigenvalue weighted by atomic mass is 32.1. The molecule has 1 saturated carbocycles. The Hall–Kier alpha value is -0.670. The number of rotatable bonds is 4. The van der Waals surface area contributed by atoms with Gasteiger partial charge in [0.15, 0.2) is 0 Å². The van der Waals surface area contributed by atoms with Crippen molar-refractivity contribution in [2.45, 2.75) is 32.7 Å². The summed E-state index contributed by atoms with van der Waals surface area (Å²) >= 11 is 1.77. The van der Waals surface area contributed by atoms with Crippen LogP contribution in [0.1, 0.15) is 36.5 Å². The van der Waals surface area contributed by atoms with E-state index in [1.165, 1.54) is 17.8 Å². The van der Waals surface area contributed by atoms with Crippen molar-refractivity contribution >= 4 is 11.3 Å². The summed E-state index contributed by atoms with van der Waals surface area (Å²) in [7, 11) is 0. The molecule has 3 heteroatoms. The summed E-state index contributed by atoms with van der Waals surface area (Å²) in [5.41, 5.74) is 1.14. The minimum Gasteiger partial charge on any atom is -0.308 e. The van der Waals surface area contributed by atoms with Crippen molar-refractivity contribution in [1.29, 1.82) is 0 Å². The zero-order valence-electron chi connectivity index (χ0n) is 10.5. The number of allylic oxidation sites excluding steroid dienone is 2. The lowest BCUT2D eigenvalue weighted by Crippen LogP contribution is -2.27. The van der Waals surface area contributed by atoms with Crippen LogP contribution >= 0.6 is 11.3 Å². The maximum absolute atomic E-state index is 4.55. The number of nitrogens with zero attached hydrogens (tertiary/aromatic N) is 1. The smallest absolute Gasteiger partial charge is 0.110 e. The Morgan fingerprint density at radius 2 is 2.35 bits per heavy atom. The first kappa shape index (κ1) is 11.4. The Morgan fingerprint density at radius 3 is 2.94 bits per heavy atom. The van der Waals surface area contributed by atoms with E-state index in [0.29, 0.717) is 6.04 Å². The van der Waals surface area contributed by atoms with Crippen LogP contribution in [0.2, 0.25) is 0 Å². The van der Waals surface area contributed by atoms with E-state index in [0.717, 1.165) is 30.0 Å². The number of nitrogens with one attached hydrogen (secondary N) is 1. The highest BCUT2D eigenvalue weighted by Crippen LogP contribution is 2.43. The normalized spacial score (nSPS) is 32.2. The van der Waals surface area contributed by atoms with Crippen LogP contribution in [0.4, 0.5) is 0 Å². The van der Waals surface area contributed by atoms with E-state index in [2.05, 4.69) is 41.7 Å². The molecule has 2 bridgehead atoms. The van der Waals surface area contributed by atoms with Gasteiger partial charge in [-0.2, -0.15) is 0 Å². The Balaban J connectivity index is 1.53. The van der Waals surface area contributed by atoms with E-state index >= 15 is 0 Å². The van der Waals surface area contributed by atoms with Gasteiger partial charge in [-0.05, 0) is 51.0 Å². The van der Waals surface area contributed by atoms with Crippen LogP contribution in [0.5, 0.6) is 0 Å². The predicted octanol–water partition coefficient (Wildman–Crippen LogP) is 3.31. The van der Waals surface area contributed by atoms with Crippen LogP contribution < -0.4 is 5.32 Å². The van der Waals surface area contributed by atoms with Gasteiger partial charge in [0, 0.05) is 11.1 Å². The van der Waals surface area contributed by atoms with Crippen molar-refractivity contribution in [3.05, 3.63) is 28.2 Å². The van der Waals surface area contributed by atoms with Crippen molar-refractivity contribution < 1.29 is 0 Å². The van der Waals surface area contributed by atoms with Gasteiger partial charge >= 0.3 is 0 Å². The zero-order valence-corrected chi connectivity index (χ0v) is 11.3. The summed E-state index contributed by atoms with van der Waals surface area (Å²) in [6.07, 6.45) is 7.63. The molecule has 4 unspecified atom stereocenters. The molecular weight excluding hydrogens is 228 g/mol. The van der Waals surface area contributed by atoms with E-state index in [4.69, 9.17) is 0 Å². The molecule has 0 aliphatic heterocycles. The molecular formula is C14H20N2S. The number of aryl methyl sites for hydroxylation is 1. The van der Waals surface area contributed by atoms with Gasteiger partial charge < -0.3 is 5.32 Å². The van der Waals surface area contributed by atoms with Crippen LogP contribution in [-0.4, -0.2) is 11.5 Å². The van der Waals surface area contributed by atoms with Crippen molar-refractivity contribution in [2.75, 3.05) is 6.54 Å². The molecule has 1 N–H and O–H groups in total. The largest absolute Gasteiger partial charge is 0.308 e. The maximum atomic E-state index is 4.55. The van der Waals surface area contributed by atoms with Gasteiger partial charge in [0.2, 0.25) is 0 Å². The average molecular weight is 248 g/mol. The number of aromatic nitrogens is 1. The average Bonchev–Trinajstić information content (AvgIpc) is 3.01. The van der Waals surface area contributed by atoms with E-state index in [1.807, 2.05) is 0 Å². The second kappa shape index (κ2) is 4.54. The topological polar surface area (TPSA) is 24.9 Å². The van der Waals surface area contributed by atoms with E-state index in [1.54, 1.807) is 11.3 Å². The van der Waals surface area contributed by atoms with Gasteiger partial charge in [-0.3, -0.25) is 0 Å². The predicted molar refractivity (Wildman–Crippen MR) is 72.1 cm³/mol. The lowest BCUT2D eigenvalue weighted by Gasteiger charge is -2.20. The van der Waals surface area contributed by atoms with E-state index < -0.39 is 0 Å². The summed E-state index contributed by atoms with van der Waals surface area (Å²) in [6.45, 7) is 5.43. The molecule has 3 rings (SSSR count). The second-order valence-corrected chi connectivity index (χ2v) is 6.39. The lowest BCUT2D eigenvalue weighted by molar-refractivity contribution is 0.392. The van der Waals surface area contributed by atoms with Crippen LogP contribution in [0.3, 0.4) is 0 Å². The van der Waals surface area contributed by atoms with Crippen molar-refractivity contribution in [1.82, 2.24) is 10.3 Å². The third-order valence-corrected chi connectivity index (χ3v) is 5.26. The SMILES string of the molecule is Cc1csc(C(C)NCC2CC3C=CC2C3)n1. The van der Waals surface area contributed by atoms with Crippen LogP contribution in [0, 0.1) is 24.7 Å². The molecule has 2 aliphatic rings. The molecule has 0 aromatic carbocycles. The Kier molecular flexibility index (Phi) is 3.05. The number of hydrogen-bond acceptors (Lipinski definition) is 3. The highest BCUT2D eigenvalue weighted by Gasteiger charge is 2.35. The molecule has 1 aromatic rings. The zero-order chi connectivity index (χ0) is 11.8. The standard InChI is InChI=1S/C14H20N2S/c1-9-8-17-14(16-9)10(2)15-7-13-6-11-3-4-12(13)5-11/h3-4,8,10-13,15H,5-7H2,1-2H3. The molecule has 1 aromatic heterocycles. The van der Waals surface area contributed by atoms with Gasteiger partial charge in [-0.25, -0.2) is 4.98 Å². The monoisotopic (exact) mass is 248 g/mol. The second-order valence-electron chi connectivity index (χ2n) is 5.50. The molecule has 17 heavy (non-hydrogen) atoms. The third-order valence-electron chi connectivity index (χ3n) is 4.11. The molecule has 4 atom stereocenters. The first-order valence-electron chi connectivity index (χ1n) is 6.56. The summed E-state index contributed by atoms with van der Waals surface area (Å²) in [5, 5.41) is 7.01. The van der Waals surface area contributed by atoms with Gasteiger partial charge in [-0.15, -0.1) is 11.3 Å². The van der Waals surface area contributed by atoms with E-state index in [-0.39, 0.29) is 0 Å². The van der Waals surface area contributed by atoms with Gasteiger partial charge in [0.25, 0.3) is 0 Å². The number of fused-ring (bicyclic) bond motifs is 2. The number of hydrogen-bond donors (Lipinski definition) is 1. The van der Waals surface area contributed by atoms with Gasteiger partial charge in [0.05, 0.1) is 6.04 Å². The lowest BCUT2D eigenvalue weighted by atomic mass is 9.93. The molecule has 1 fully saturated rings. The van der Waals surface area contributed by atoms with Crippen molar-refractivity contribution in [3.8, 4) is 0 Å². The summed E-state index contributed by atoms with van der Waals surface area (Å²) in [6, 6.07) is 0.400. The van der Waals surface area contributed by atoms with Crippen molar-refractivity contribution in [3.63, 3.8) is 0 Å². The first-order valence-corrected chi connectivity index (χ1v) is 7.44.